The monoisotopic (exact) mass is 279 g/mol. The van der Waals surface area contributed by atoms with E-state index in [0.29, 0.717) is 12.2 Å². The minimum Gasteiger partial charge on any atom is -0.369 e. The van der Waals surface area contributed by atoms with Gasteiger partial charge in [0.1, 0.15) is 5.82 Å². The molecule has 2 N–H and O–H groups in total. The Kier molecular flexibility index (Phi) is 4.95. The molecule has 0 aliphatic carbocycles. The molecule has 2 rings (SSSR count). The van der Waals surface area contributed by atoms with Crippen LogP contribution in [0.4, 0.5) is 10.1 Å². The molecule has 1 amide bonds. The summed E-state index contributed by atoms with van der Waals surface area (Å²) in [5, 5.41) is 6.01. The first-order chi connectivity index (χ1) is 9.61. The lowest BCUT2D eigenvalue weighted by atomic mass is 10.0. The Morgan fingerprint density at radius 2 is 2.10 bits per heavy atom. The Bertz CT molecular complexity index is 470. The van der Waals surface area contributed by atoms with Crippen LogP contribution >= 0.6 is 0 Å². The standard InChI is InChI=1S/C15H22FN3O/c1-11(20)18-13-6-8-19(9-7-13)15-12(10-17-2)4-3-5-14(15)16/h3-5,13,17H,6-10H2,1-2H3,(H,18,20). The van der Waals surface area contributed by atoms with Gasteiger partial charge >= 0.3 is 0 Å². The number of nitrogens with zero attached hydrogens (tertiary/aromatic N) is 1. The van der Waals surface area contributed by atoms with Gasteiger partial charge in [-0.15, -0.1) is 0 Å². The van der Waals surface area contributed by atoms with Crippen LogP contribution < -0.4 is 15.5 Å². The summed E-state index contributed by atoms with van der Waals surface area (Å²) in [6, 6.07) is 5.42. The van der Waals surface area contributed by atoms with Crippen LogP contribution in [0.3, 0.4) is 0 Å². The first-order valence-corrected chi connectivity index (χ1v) is 7.06. The highest BCUT2D eigenvalue weighted by Crippen LogP contribution is 2.27. The van der Waals surface area contributed by atoms with Gasteiger partial charge in [-0.25, -0.2) is 4.39 Å². The fourth-order valence-electron chi connectivity index (χ4n) is 2.78. The zero-order valence-electron chi connectivity index (χ0n) is 12.1. The molecule has 0 aromatic heterocycles. The normalized spacial score (nSPS) is 16.2. The molecule has 0 saturated carbocycles. The second-order valence-electron chi connectivity index (χ2n) is 5.24. The second-order valence-corrected chi connectivity index (χ2v) is 5.24. The number of halogens is 1. The first-order valence-electron chi connectivity index (χ1n) is 7.06. The molecule has 1 aliphatic heterocycles. The third-order valence-electron chi connectivity index (χ3n) is 3.66. The number of amides is 1. The zero-order chi connectivity index (χ0) is 14.5. The lowest BCUT2D eigenvalue weighted by molar-refractivity contribution is -0.119. The zero-order valence-corrected chi connectivity index (χ0v) is 12.1. The number of nitrogens with one attached hydrogen (secondary N) is 2. The average molecular weight is 279 g/mol. The fraction of sp³-hybridized carbons (Fsp3) is 0.533. The quantitative estimate of drug-likeness (QED) is 0.881. The molecule has 4 nitrogen and oxygen atoms in total. The third-order valence-corrected chi connectivity index (χ3v) is 3.66. The van der Waals surface area contributed by atoms with Crippen LogP contribution in [0.2, 0.25) is 0 Å². The Labute approximate surface area is 119 Å². The lowest BCUT2D eigenvalue weighted by Gasteiger charge is -2.35. The molecule has 1 heterocycles. The highest BCUT2D eigenvalue weighted by molar-refractivity contribution is 5.73. The van der Waals surface area contributed by atoms with E-state index in [9.17, 15) is 9.18 Å². The third kappa shape index (κ3) is 3.48. The van der Waals surface area contributed by atoms with Crippen molar-refractivity contribution >= 4 is 11.6 Å². The molecule has 5 heteroatoms. The molecular formula is C15H22FN3O. The first kappa shape index (κ1) is 14.8. The highest BCUT2D eigenvalue weighted by Gasteiger charge is 2.23. The Balaban J connectivity index is 2.08. The van der Waals surface area contributed by atoms with E-state index >= 15 is 0 Å². The van der Waals surface area contributed by atoms with Crippen LogP contribution in [0.25, 0.3) is 0 Å². The van der Waals surface area contributed by atoms with Crippen molar-refractivity contribution in [3.8, 4) is 0 Å². The minimum atomic E-state index is -0.171. The lowest BCUT2D eigenvalue weighted by Crippen LogP contribution is -2.44. The van der Waals surface area contributed by atoms with Crippen molar-refractivity contribution in [2.45, 2.75) is 32.4 Å². The van der Waals surface area contributed by atoms with E-state index in [2.05, 4.69) is 15.5 Å². The van der Waals surface area contributed by atoms with E-state index in [1.165, 1.54) is 13.0 Å². The summed E-state index contributed by atoms with van der Waals surface area (Å²) in [6.07, 6.45) is 1.71. The van der Waals surface area contributed by atoms with Gasteiger partial charge in [0.05, 0.1) is 5.69 Å². The number of carbonyl (C=O) groups excluding carboxylic acids is 1. The van der Waals surface area contributed by atoms with E-state index in [0.717, 1.165) is 31.5 Å². The summed E-state index contributed by atoms with van der Waals surface area (Å²) in [6.45, 7) is 3.72. The molecule has 0 radical (unpaired) electrons. The number of para-hydroxylation sites is 1. The summed E-state index contributed by atoms with van der Waals surface area (Å²) in [7, 11) is 1.86. The number of carbonyl (C=O) groups is 1. The SMILES string of the molecule is CNCc1cccc(F)c1N1CCC(NC(C)=O)CC1. The predicted octanol–water partition coefficient (Wildman–Crippen LogP) is 1.65. The summed E-state index contributed by atoms with van der Waals surface area (Å²) >= 11 is 0. The van der Waals surface area contributed by atoms with Crippen molar-refractivity contribution in [3.63, 3.8) is 0 Å². The molecule has 0 bridgehead atoms. The van der Waals surface area contributed by atoms with E-state index in [4.69, 9.17) is 0 Å². The number of benzene rings is 1. The molecule has 1 aromatic rings. The Morgan fingerprint density at radius 1 is 1.40 bits per heavy atom. The topological polar surface area (TPSA) is 44.4 Å². The largest absolute Gasteiger partial charge is 0.369 e. The second kappa shape index (κ2) is 6.70. The molecule has 1 aromatic carbocycles. The molecule has 0 atom stereocenters. The smallest absolute Gasteiger partial charge is 0.217 e. The molecule has 1 fully saturated rings. The van der Waals surface area contributed by atoms with Crippen LogP contribution in [0.5, 0.6) is 0 Å². The summed E-state index contributed by atoms with van der Waals surface area (Å²) < 4.78 is 14.1. The van der Waals surface area contributed by atoms with Crippen molar-refractivity contribution in [3.05, 3.63) is 29.6 Å². The van der Waals surface area contributed by atoms with Crippen molar-refractivity contribution < 1.29 is 9.18 Å². The van der Waals surface area contributed by atoms with Crippen LogP contribution in [0.15, 0.2) is 18.2 Å². The number of rotatable bonds is 4. The van der Waals surface area contributed by atoms with Crippen LogP contribution in [0, 0.1) is 5.82 Å². The van der Waals surface area contributed by atoms with E-state index in [1.54, 1.807) is 6.07 Å². The van der Waals surface area contributed by atoms with Gasteiger partial charge in [0.25, 0.3) is 0 Å². The van der Waals surface area contributed by atoms with E-state index in [-0.39, 0.29) is 17.8 Å². The number of piperidine rings is 1. The van der Waals surface area contributed by atoms with Crippen molar-refractivity contribution in [2.24, 2.45) is 0 Å². The predicted molar refractivity (Wildman–Crippen MR) is 78.2 cm³/mol. The Hall–Kier alpha value is -1.62. The molecule has 1 saturated heterocycles. The minimum absolute atomic E-state index is 0.00483. The summed E-state index contributed by atoms with van der Waals surface area (Å²) in [5.41, 5.74) is 1.67. The van der Waals surface area contributed by atoms with Gasteiger partial charge in [0, 0.05) is 32.6 Å². The fourth-order valence-corrected chi connectivity index (χ4v) is 2.78. The molecule has 110 valence electrons. The molecule has 20 heavy (non-hydrogen) atoms. The van der Waals surface area contributed by atoms with Crippen molar-refractivity contribution in [2.75, 3.05) is 25.0 Å². The van der Waals surface area contributed by atoms with Crippen LogP contribution in [-0.2, 0) is 11.3 Å². The van der Waals surface area contributed by atoms with Crippen LogP contribution in [-0.4, -0.2) is 32.1 Å². The van der Waals surface area contributed by atoms with Crippen molar-refractivity contribution in [1.29, 1.82) is 0 Å². The van der Waals surface area contributed by atoms with Gasteiger partial charge < -0.3 is 15.5 Å². The number of hydrogen-bond donors (Lipinski definition) is 2. The Morgan fingerprint density at radius 3 is 2.70 bits per heavy atom. The molecule has 0 spiro atoms. The number of hydrogen-bond acceptors (Lipinski definition) is 3. The molecule has 1 aliphatic rings. The average Bonchev–Trinajstić information content (AvgIpc) is 2.40. The van der Waals surface area contributed by atoms with Gasteiger partial charge in [-0.2, -0.15) is 0 Å². The maximum atomic E-state index is 14.1. The van der Waals surface area contributed by atoms with Gasteiger partial charge in [0.15, 0.2) is 0 Å². The summed E-state index contributed by atoms with van der Waals surface area (Å²) in [5.74, 6) is -0.166. The van der Waals surface area contributed by atoms with Gasteiger partial charge in [0.2, 0.25) is 5.91 Å². The van der Waals surface area contributed by atoms with E-state index < -0.39 is 0 Å². The molecular weight excluding hydrogens is 257 g/mol. The van der Waals surface area contributed by atoms with Gasteiger partial charge in [-0.1, -0.05) is 12.1 Å². The van der Waals surface area contributed by atoms with E-state index in [1.807, 2.05) is 13.1 Å². The maximum absolute atomic E-state index is 14.1. The van der Waals surface area contributed by atoms with Gasteiger partial charge in [-0.05, 0) is 31.5 Å². The highest BCUT2D eigenvalue weighted by atomic mass is 19.1. The van der Waals surface area contributed by atoms with Crippen molar-refractivity contribution in [1.82, 2.24) is 10.6 Å². The summed E-state index contributed by atoms with van der Waals surface area (Å²) in [4.78, 5) is 13.1. The van der Waals surface area contributed by atoms with Gasteiger partial charge in [-0.3, -0.25) is 4.79 Å². The molecule has 0 unspecified atom stereocenters. The van der Waals surface area contributed by atoms with Crippen LogP contribution in [0.1, 0.15) is 25.3 Å². The maximum Gasteiger partial charge on any atom is 0.217 e. The number of anilines is 1.